The first-order valence-corrected chi connectivity index (χ1v) is 7.81. The summed E-state index contributed by atoms with van der Waals surface area (Å²) >= 11 is 5.92. The van der Waals surface area contributed by atoms with Gasteiger partial charge in [-0.15, -0.1) is 0 Å². The van der Waals surface area contributed by atoms with Gasteiger partial charge in [0.15, 0.2) is 0 Å². The highest BCUT2D eigenvalue weighted by Gasteiger charge is 2.22. The van der Waals surface area contributed by atoms with Crippen molar-refractivity contribution in [3.63, 3.8) is 0 Å². The SMILES string of the molecule is CCCNC(=O)CC(CN)N(C)C(C)c1ccc(Cl)cc1. The van der Waals surface area contributed by atoms with Crippen LogP contribution in [0.3, 0.4) is 0 Å². The zero-order valence-corrected chi connectivity index (χ0v) is 13.9. The number of nitrogens with zero attached hydrogens (tertiary/aromatic N) is 1. The largest absolute Gasteiger partial charge is 0.356 e. The minimum absolute atomic E-state index is 0.0209. The molecular formula is C16H26ClN3O. The van der Waals surface area contributed by atoms with Crippen LogP contribution in [0.15, 0.2) is 24.3 Å². The maximum Gasteiger partial charge on any atom is 0.221 e. The predicted molar refractivity (Wildman–Crippen MR) is 88.4 cm³/mol. The average Bonchev–Trinajstić information content (AvgIpc) is 2.50. The first kappa shape index (κ1) is 18.0. The zero-order valence-electron chi connectivity index (χ0n) is 13.1. The van der Waals surface area contributed by atoms with Gasteiger partial charge in [0.1, 0.15) is 0 Å². The van der Waals surface area contributed by atoms with Crippen LogP contribution in [-0.4, -0.2) is 37.0 Å². The van der Waals surface area contributed by atoms with Gasteiger partial charge in [-0.25, -0.2) is 0 Å². The Morgan fingerprint density at radius 3 is 2.52 bits per heavy atom. The smallest absolute Gasteiger partial charge is 0.221 e. The highest BCUT2D eigenvalue weighted by atomic mass is 35.5. The number of likely N-dealkylation sites (N-methyl/N-ethyl adjacent to an activating group) is 1. The van der Waals surface area contributed by atoms with Crippen molar-refractivity contribution in [2.45, 2.75) is 38.8 Å². The fourth-order valence-electron chi connectivity index (χ4n) is 2.24. The van der Waals surface area contributed by atoms with Crippen molar-refractivity contribution in [3.05, 3.63) is 34.9 Å². The number of amides is 1. The van der Waals surface area contributed by atoms with Crippen molar-refractivity contribution < 1.29 is 4.79 Å². The van der Waals surface area contributed by atoms with Crippen LogP contribution in [0.4, 0.5) is 0 Å². The van der Waals surface area contributed by atoms with E-state index in [9.17, 15) is 4.79 Å². The Morgan fingerprint density at radius 2 is 2.00 bits per heavy atom. The fourth-order valence-corrected chi connectivity index (χ4v) is 2.36. The van der Waals surface area contributed by atoms with Gasteiger partial charge in [-0.05, 0) is 38.1 Å². The molecule has 0 aliphatic heterocycles. The molecule has 1 rings (SSSR count). The van der Waals surface area contributed by atoms with E-state index < -0.39 is 0 Å². The molecule has 0 spiro atoms. The Balaban J connectivity index is 2.66. The summed E-state index contributed by atoms with van der Waals surface area (Å²) in [6.07, 6.45) is 1.36. The summed E-state index contributed by atoms with van der Waals surface area (Å²) < 4.78 is 0. The van der Waals surface area contributed by atoms with Gasteiger partial charge in [0.05, 0.1) is 0 Å². The van der Waals surface area contributed by atoms with Gasteiger partial charge >= 0.3 is 0 Å². The number of hydrogen-bond acceptors (Lipinski definition) is 3. The lowest BCUT2D eigenvalue weighted by Gasteiger charge is -2.32. The van der Waals surface area contributed by atoms with Crippen molar-refractivity contribution in [1.29, 1.82) is 0 Å². The lowest BCUT2D eigenvalue weighted by molar-refractivity contribution is -0.122. The number of carbonyl (C=O) groups is 1. The molecule has 21 heavy (non-hydrogen) atoms. The van der Waals surface area contributed by atoms with Crippen LogP contribution in [0, 0.1) is 0 Å². The first-order valence-electron chi connectivity index (χ1n) is 7.43. The average molecular weight is 312 g/mol. The summed E-state index contributed by atoms with van der Waals surface area (Å²) in [4.78, 5) is 14.0. The van der Waals surface area contributed by atoms with Gasteiger partial charge in [0.25, 0.3) is 0 Å². The second-order valence-electron chi connectivity index (χ2n) is 5.34. The summed E-state index contributed by atoms with van der Waals surface area (Å²) in [6, 6.07) is 7.98. The number of hydrogen-bond donors (Lipinski definition) is 2. The molecule has 0 aliphatic carbocycles. The standard InChI is InChI=1S/C16H26ClN3O/c1-4-9-19-16(21)10-15(11-18)20(3)12(2)13-5-7-14(17)8-6-13/h5-8,12,15H,4,9-11,18H2,1-3H3,(H,19,21). The zero-order chi connectivity index (χ0) is 15.8. The van der Waals surface area contributed by atoms with Crippen LogP contribution < -0.4 is 11.1 Å². The van der Waals surface area contributed by atoms with Crippen LogP contribution in [0.2, 0.25) is 5.02 Å². The monoisotopic (exact) mass is 311 g/mol. The van der Waals surface area contributed by atoms with Gasteiger partial charge in [0, 0.05) is 36.6 Å². The molecule has 2 unspecified atom stereocenters. The molecule has 0 radical (unpaired) electrons. The predicted octanol–water partition coefficient (Wildman–Crippen LogP) is 2.58. The summed E-state index contributed by atoms with van der Waals surface area (Å²) in [7, 11) is 2.00. The van der Waals surface area contributed by atoms with Crippen LogP contribution in [-0.2, 0) is 4.79 Å². The van der Waals surface area contributed by atoms with Gasteiger partial charge in [0.2, 0.25) is 5.91 Å². The topological polar surface area (TPSA) is 58.4 Å². The molecule has 4 nitrogen and oxygen atoms in total. The van der Waals surface area contributed by atoms with Crippen LogP contribution in [0.25, 0.3) is 0 Å². The van der Waals surface area contributed by atoms with Crippen molar-refractivity contribution in [3.8, 4) is 0 Å². The number of carbonyl (C=O) groups excluding carboxylic acids is 1. The third-order valence-corrected chi connectivity index (χ3v) is 4.06. The van der Waals surface area contributed by atoms with Crippen molar-refractivity contribution in [2.75, 3.05) is 20.1 Å². The van der Waals surface area contributed by atoms with E-state index in [1.165, 1.54) is 0 Å². The van der Waals surface area contributed by atoms with E-state index in [4.69, 9.17) is 17.3 Å². The van der Waals surface area contributed by atoms with Crippen molar-refractivity contribution >= 4 is 17.5 Å². The van der Waals surface area contributed by atoms with E-state index >= 15 is 0 Å². The van der Waals surface area contributed by atoms with E-state index in [1.54, 1.807) is 0 Å². The van der Waals surface area contributed by atoms with E-state index in [1.807, 2.05) is 38.2 Å². The molecule has 3 N–H and O–H groups in total. The lowest BCUT2D eigenvalue weighted by Crippen LogP contribution is -2.43. The van der Waals surface area contributed by atoms with Gasteiger partial charge in [-0.2, -0.15) is 0 Å². The molecule has 5 heteroatoms. The molecule has 1 aromatic rings. The number of nitrogens with two attached hydrogens (primary N) is 1. The fraction of sp³-hybridized carbons (Fsp3) is 0.562. The van der Waals surface area contributed by atoms with Gasteiger partial charge in [-0.1, -0.05) is 30.7 Å². The quantitative estimate of drug-likeness (QED) is 0.776. The summed E-state index contributed by atoms with van der Waals surface area (Å²) in [5, 5.41) is 3.62. The molecule has 1 aromatic carbocycles. The third-order valence-electron chi connectivity index (χ3n) is 3.80. The second-order valence-corrected chi connectivity index (χ2v) is 5.77. The van der Waals surface area contributed by atoms with Crippen molar-refractivity contribution in [1.82, 2.24) is 10.2 Å². The normalized spacial score (nSPS) is 14.0. The Bertz CT molecular complexity index is 436. The molecule has 0 aromatic heterocycles. The highest BCUT2D eigenvalue weighted by molar-refractivity contribution is 6.30. The second kappa shape index (κ2) is 9.03. The molecule has 118 valence electrons. The van der Waals surface area contributed by atoms with Gasteiger partial charge in [-0.3, -0.25) is 9.69 Å². The molecule has 0 aliphatic rings. The molecule has 0 saturated heterocycles. The van der Waals surface area contributed by atoms with E-state index in [-0.39, 0.29) is 18.0 Å². The minimum Gasteiger partial charge on any atom is -0.356 e. The Morgan fingerprint density at radius 1 is 1.38 bits per heavy atom. The van der Waals surface area contributed by atoms with Crippen LogP contribution in [0.5, 0.6) is 0 Å². The molecule has 0 fully saturated rings. The Hall–Kier alpha value is -1.10. The minimum atomic E-state index is 0.0209. The molecule has 2 atom stereocenters. The van der Waals surface area contributed by atoms with Gasteiger partial charge < -0.3 is 11.1 Å². The maximum atomic E-state index is 11.9. The van der Waals surface area contributed by atoms with E-state index in [0.29, 0.717) is 19.5 Å². The highest BCUT2D eigenvalue weighted by Crippen LogP contribution is 2.23. The summed E-state index contributed by atoms with van der Waals surface area (Å²) in [5.74, 6) is 0.0578. The Labute approximate surface area is 132 Å². The summed E-state index contributed by atoms with van der Waals surface area (Å²) in [5.41, 5.74) is 7.01. The molecule has 0 bridgehead atoms. The lowest BCUT2D eigenvalue weighted by atomic mass is 10.0. The molecule has 1 amide bonds. The third kappa shape index (κ3) is 5.65. The molecule has 0 saturated carbocycles. The first-order chi connectivity index (χ1) is 9.99. The molecular weight excluding hydrogens is 286 g/mol. The Kier molecular flexibility index (Phi) is 7.72. The maximum absolute atomic E-state index is 11.9. The van der Waals surface area contributed by atoms with Crippen molar-refractivity contribution in [2.24, 2.45) is 5.73 Å². The number of benzene rings is 1. The summed E-state index contributed by atoms with van der Waals surface area (Å²) in [6.45, 7) is 5.31. The van der Waals surface area contributed by atoms with Crippen LogP contribution >= 0.6 is 11.6 Å². The number of nitrogens with one attached hydrogen (secondary N) is 1. The number of halogens is 1. The molecule has 0 heterocycles. The van der Waals surface area contributed by atoms with E-state index in [0.717, 1.165) is 17.0 Å². The van der Waals surface area contributed by atoms with E-state index in [2.05, 4.69) is 17.1 Å². The number of rotatable bonds is 8. The van der Waals surface area contributed by atoms with Crippen LogP contribution in [0.1, 0.15) is 38.3 Å².